The van der Waals surface area contributed by atoms with Gasteiger partial charge < -0.3 is 10.2 Å². The fourth-order valence-corrected chi connectivity index (χ4v) is 2.52. The van der Waals surface area contributed by atoms with E-state index >= 15 is 0 Å². The molecule has 2 N–H and O–H groups in total. The van der Waals surface area contributed by atoms with Crippen LogP contribution in [0.5, 0.6) is 0 Å². The highest BCUT2D eigenvalue weighted by atomic mass is 35.5. The fraction of sp³-hybridized carbons (Fsp3) is 0.125. The Bertz CT molecular complexity index is 699. The van der Waals surface area contributed by atoms with E-state index < -0.39 is 0 Å². The minimum atomic E-state index is -0.273. The summed E-state index contributed by atoms with van der Waals surface area (Å²) >= 11 is 5.97. The normalized spacial score (nSPS) is 12.8. The lowest BCUT2D eigenvalue weighted by atomic mass is 10.00. The predicted octanol–water partition coefficient (Wildman–Crippen LogP) is 4.44. The lowest BCUT2D eigenvalue weighted by Crippen LogP contribution is -2.12. The van der Waals surface area contributed by atoms with Gasteiger partial charge in [-0.3, -0.25) is 0 Å². The van der Waals surface area contributed by atoms with Gasteiger partial charge in [-0.2, -0.15) is 0 Å². The average molecular weight is 272 g/mol. The number of furan rings is 1. The zero-order valence-electron chi connectivity index (χ0n) is 10.6. The van der Waals surface area contributed by atoms with Crippen LogP contribution in [0.1, 0.15) is 22.9 Å². The Hall–Kier alpha value is -1.77. The Morgan fingerprint density at radius 3 is 2.63 bits per heavy atom. The van der Waals surface area contributed by atoms with Crippen LogP contribution < -0.4 is 5.73 Å². The second-order valence-corrected chi connectivity index (χ2v) is 5.10. The maximum absolute atomic E-state index is 6.29. The number of rotatable bonds is 2. The van der Waals surface area contributed by atoms with Gasteiger partial charge in [0.2, 0.25) is 0 Å². The van der Waals surface area contributed by atoms with E-state index in [1.807, 2.05) is 55.5 Å². The van der Waals surface area contributed by atoms with Crippen LogP contribution in [-0.4, -0.2) is 0 Å². The molecule has 1 heterocycles. The van der Waals surface area contributed by atoms with Gasteiger partial charge in [-0.1, -0.05) is 35.9 Å². The lowest BCUT2D eigenvalue weighted by Gasteiger charge is -2.12. The van der Waals surface area contributed by atoms with Crippen LogP contribution in [0.3, 0.4) is 0 Å². The molecule has 0 spiro atoms. The van der Waals surface area contributed by atoms with E-state index in [1.165, 1.54) is 0 Å². The average Bonchev–Trinajstić information content (AvgIpc) is 2.81. The van der Waals surface area contributed by atoms with E-state index in [0.29, 0.717) is 0 Å². The van der Waals surface area contributed by atoms with Crippen molar-refractivity contribution in [3.8, 4) is 0 Å². The van der Waals surface area contributed by atoms with Gasteiger partial charge in [0, 0.05) is 10.4 Å². The van der Waals surface area contributed by atoms with Crippen LogP contribution in [0.15, 0.2) is 52.9 Å². The summed E-state index contributed by atoms with van der Waals surface area (Å²) in [5.41, 5.74) is 9.26. The molecule has 1 aromatic heterocycles. The highest BCUT2D eigenvalue weighted by Crippen LogP contribution is 2.29. The molecule has 3 rings (SSSR count). The second-order valence-electron chi connectivity index (χ2n) is 4.67. The van der Waals surface area contributed by atoms with E-state index in [-0.39, 0.29) is 6.04 Å². The maximum atomic E-state index is 6.29. The van der Waals surface area contributed by atoms with Crippen LogP contribution in [0, 0.1) is 6.92 Å². The van der Waals surface area contributed by atoms with Crippen molar-refractivity contribution in [3.05, 3.63) is 70.4 Å². The molecule has 0 saturated carbocycles. The number of halogens is 1. The standard InChI is InChI=1S/C16H14ClNO/c1-10-8-12(17)6-7-13(10)16(18)15-9-11-4-2-3-5-14(11)19-15/h2-9,16H,18H2,1H3. The van der Waals surface area contributed by atoms with Crippen LogP contribution in [0.25, 0.3) is 11.0 Å². The summed E-state index contributed by atoms with van der Waals surface area (Å²) in [6, 6.07) is 15.3. The van der Waals surface area contributed by atoms with E-state index in [4.69, 9.17) is 21.8 Å². The Kier molecular flexibility index (Phi) is 3.05. The molecule has 3 heteroatoms. The first-order valence-corrected chi connectivity index (χ1v) is 6.53. The Morgan fingerprint density at radius 1 is 1.11 bits per heavy atom. The van der Waals surface area contributed by atoms with Gasteiger partial charge >= 0.3 is 0 Å². The third-order valence-corrected chi connectivity index (χ3v) is 3.55. The molecule has 2 aromatic carbocycles. The van der Waals surface area contributed by atoms with Gasteiger partial charge in [-0.15, -0.1) is 0 Å². The molecule has 0 radical (unpaired) electrons. The molecule has 1 atom stereocenters. The van der Waals surface area contributed by atoms with Crippen molar-refractivity contribution in [2.45, 2.75) is 13.0 Å². The molecular weight excluding hydrogens is 258 g/mol. The van der Waals surface area contributed by atoms with Gasteiger partial charge in [0.15, 0.2) is 0 Å². The molecule has 0 saturated heterocycles. The van der Waals surface area contributed by atoms with Gasteiger partial charge in [-0.05, 0) is 42.3 Å². The largest absolute Gasteiger partial charge is 0.459 e. The summed E-state index contributed by atoms with van der Waals surface area (Å²) in [6.45, 7) is 2.00. The van der Waals surface area contributed by atoms with Crippen molar-refractivity contribution >= 4 is 22.6 Å². The highest BCUT2D eigenvalue weighted by Gasteiger charge is 2.16. The highest BCUT2D eigenvalue weighted by molar-refractivity contribution is 6.30. The van der Waals surface area contributed by atoms with Crippen molar-refractivity contribution in [3.63, 3.8) is 0 Å². The second kappa shape index (κ2) is 4.72. The van der Waals surface area contributed by atoms with Gasteiger partial charge in [0.05, 0.1) is 6.04 Å². The smallest absolute Gasteiger partial charge is 0.134 e. The number of para-hydroxylation sites is 1. The van der Waals surface area contributed by atoms with Crippen molar-refractivity contribution in [2.75, 3.05) is 0 Å². The summed E-state index contributed by atoms with van der Waals surface area (Å²) in [7, 11) is 0. The van der Waals surface area contributed by atoms with Crippen molar-refractivity contribution < 1.29 is 4.42 Å². The zero-order chi connectivity index (χ0) is 13.4. The Labute approximate surface area is 116 Å². The third kappa shape index (κ3) is 2.25. The van der Waals surface area contributed by atoms with Crippen LogP contribution in [-0.2, 0) is 0 Å². The molecular formula is C16H14ClNO. The minimum Gasteiger partial charge on any atom is -0.459 e. The molecule has 2 nitrogen and oxygen atoms in total. The Morgan fingerprint density at radius 2 is 1.89 bits per heavy atom. The van der Waals surface area contributed by atoms with E-state index in [0.717, 1.165) is 32.9 Å². The molecule has 0 fully saturated rings. The minimum absolute atomic E-state index is 0.273. The predicted molar refractivity (Wildman–Crippen MR) is 78.4 cm³/mol. The van der Waals surface area contributed by atoms with Crippen molar-refractivity contribution in [2.24, 2.45) is 5.73 Å². The number of benzene rings is 2. The van der Waals surface area contributed by atoms with Crippen molar-refractivity contribution in [1.82, 2.24) is 0 Å². The van der Waals surface area contributed by atoms with Crippen molar-refractivity contribution in [1.29, 1.82) is 0 Å². The summed E-state index contributed by atoms with van der Waals surface area (Å²) < 4.78 is 5.81. The first-order valence-electron chi connectivity index (χ1n) is 6.15. The first-order chi connectivity index (χ1) is 9.15. The van der Waals surface area contributed by atoms with E-state index in [2.05, 4.69) is 0 Å². The molecule has 0 bridgehead atoms. The third-order valence-electron chi connectivity index (χ3n) is 3.32. The summed E-state index contributed by atoms with van der Waals surface area (Å²) in [4.78, 5) is 0. The molecule has 0 amide bonds. The molecule has 0 aliphatic heterocycles. The van der Waals surface area contributed by atoms with E-state index in [1.54, 1.807) is 0 Å². The number of nitrogens with two attached hydrogens (primary N) is 1. The fourth-order valence-electron chi connectivity index (χ4n) is 2.30. The summed E-state index contributed by atoms with van der Waals surface area (Å²) in [5.74, 6) is 0.770. The van der Waals surface area contributed by atoms with Crippen LogP contribution in [0.2, 0.25) is 5.02 Å². The maximum Gasteiger partial charge on any atom is 0.134 e. The molecule has 96 valence electrons. The molecule has 3 aromatic rings. The topological polar surface area (TPSA) is 39.2 Å². The SMILES string of the molecule is Cc1cc(Cl)ccc1C(N)c1cc2ccccc2o1. The van der Waals surface area contributed by atoms with Gasteiger partial charge in [0.1, 0.15) is 11.3 Å². The van der Waals surface area contributed by atoms with Crippen LogP contribution >= 0.6 is 11.6 Å². The number of hydrogen-bond acceptors (Lipinski definition) is 2. The van der Waals surface area contributed by atoms with Gasteiger partial charge in [-0.25, -0.2) is 0 Å². The van der Waals surface area contributed by atoms with Gasteiger partial charge in [0.25, 0.3) is 0 Å². The molecule has 19 heavy (non-hydrogen) atoms. The molecule has 0 aliphatic carbocycles. The van der Waals surface area contributed by atoms with Crippen LogP contribution in [0.4, 0.5) is 0 Å². The Balaban J connectivity index is 2.05. The monoisotopic (exact) mass is 271 g/mol. The number of hydrogen-bond donors (Lipinski definition) is 1. The lowest BCUT2D eigenvalue weighted by molar-refractivity contribution is 0.524. The number of fused-ring (bicyclic) bond motifs is 1. The quantitative estimate of drug-likeness (QED) is 0.748. The number of aryl methyl sites for hydroxylation is 1. The summed E-state index contributed by atoms with van der Waals surface area (Å²) in [5, 5.41) is 1.79. The molecule has 1 unspecified atom stereocenters. The zero-order valence-corrected chi connectivity index (χ0v) is 11.3. The molecule has 0 aliphatic rings. The summed E-state index contributed by atoms with van der Waals surface area (Å²) in [6.07, 6.45) is 0. The van der Waals surface area contributed by atoms with E-state index in [9.17, 15) is 0 Å². The first kappa shape index (κ1) is 12.3.